The number of carbonyl (C=O) groups is 2. The van der Waals surface area contributed by atoms with E-state index in [0.29, 0.717) is 35.7 Å². The van der Waals surface area contributed by atoms with Crippen molar-refractivity contribution < 1.29 is 24.2 Å². The predicted molar refractivity (Wildman–Crippen MR) is 159 cm³/mol. The minimum atomic E-state index is -0.412. The molecule has 1 aliphatic heterocycles. The summed E-state index contributed by atoms with van der Waals surface area (Å²) in [6.45, 7) is 10.8. The topological polar surface area (TPSA) is 91.3 Å². The first-order valence-electron chi connectivity index (χ1n) is 14.6. The number of carbonyl (C=O) groups excluding carboxylic acids is 2. The van der Waals surface area contributed by atoms with Crippen LogP contribution in [-0.2, 0) is 4.74 Å². The van der Waals surface area contributed by atoms with Gasteiger partial charge in [0.2, 0.25) is 0 Å². The van der Waals surface area contributed by atoms with E-state index < -0.39 is 6.04 Å². The normalized spacial score (nSPS) is 21.7. The molecule has 0 radical (unpaired) electrons. The van der Waals surface area contributed by atoms with Gasteiger partial charge in [-0.25, -0.2) is 0 Å². The first-order valence-corrected chi connectivity index (χ1v) is 14.6. The lowest BCUT2D eigenvalue weighted by atomic mass is 10.0. The molecule has 220 valence electrons. The molecule has 1 heterocycles. The number of fused-ring (bicyclic) bond motifs is 1. The molecule has 2 aromatic carbocycles. The molecule has 0 spiro atoms. The van der Waals surface area contributed by atoms with Gasteiger partial charge in [0.25, 0.3) is 11.8 Å². The second-order valence-electron chi connectivity index (χ2n) is 11.1. The summed E-state index contributed by atoms with van der Waals surface area (Å²) in [6.07, 6.45) is 3.62. The molecule has 2 aromatic rings. The average Bonchev–Trinajstić information content (AvgIpc) is 2.95. The monoisotopic (exact) mass is 553 g/mol. The molecule has 3 rings (SSSR count). The molecule has 0 unspecified atom stereocenters. The third-order valence-electron chi connectivity index (χ3n) is 7.44. The van der Waals surface area contributed by atoms with E-state index in [2.05, 4.69) is 31.1 Å². The molecule has 1 aliphatic rings. The highest BCUT2D eigenvalue weighted by Gasteiger charge is 2.30. The van der Waals surface area contributed by atoms with Gasteiger partial charge in [0, 0.05) is 36.9 Å². The summed E-state index contributed by atoms with van der Waals surface area (Å²) in [6, 6.07) is 13.8. The fraction of sp³-hybridized carbons (Fsp3) is 0.562. The molecule has 0 aromatic heterocycles. The molecular weight excluding hydrogens is 506 g/mol. The highest BCUT2D eigenvalue weighted by atomic mass is 16.5. The van der Waals surface area contributed by atoms with Crippen molar-refractivity contribution in [2.45, 2.75) is 71.6 Å². The van der Waals surface area contributed by atoms with E-state index in [-0.39, 0.29) is 36.5 Å². The van der Waals surface area contributed by atoms with Crippen LogP contribution in [0.25, 0.3) is 0 Å². The van der Waals surface area contributed by atoms with Crippen molar-refractivity contribution in [2.24, 2.45) is 5.92 Å². The number of amides is 2. The Labute approximate surface area is 239 Å². The number of hydrogen-bond acceptors (Lipinski definition) is 6. The summed E-state index contributed by atoms with van der Waals surface area (Å²) in [5, 5.41) is 13.0. The standard InChI is InChI=1S/C32H47N3O5/c1-6-17-34(5)21-30-23(2)20-35(24(3)22-36)32(38)28-19-27(33-31(37)26-13-8-7-9-14-26)15-16-29(28)40-25(4)12-10-11-18-39-30/h7-9,13-16,19,23-25,30,36H,6,10-12,17-18,20-22H2,1-5H3,(H,33,37)/t23-,24-,25-,30-/m0/s1. The smallest absolute Gasteiger partial charge is 0.258 e. The first kappa shape index (κ1) is 31.6. The molecule has 0 bridgehead atoms. The Bertz CT molecular complexity index is 1080. The SMILES string of the molecule is CCCN(C)C[C@@H]1OCCCC[C@H](C)Oc2ccc(NC(=O)c3ccccc3)cc2C(=O)N([C@@H](C)CO)C[C@@H]1C. The van der Waals surface area contributed by atoms with Crippen molar-refractivity contribution in [1.82, 2.24) is 9.80 Å². The first-order chi connectivity index (χ1) is 19.2. The Morgan fingerprint density at radius 2 is 1.93 bits per heavy atom. The van der Waals surface area contributed by atoms with Crippen LogP contribution in [-0.4, -0.2) is 84.9 Å². The molecule has 2 amide bonds. The van der Waals surface area contributed by atoms with Gasteiger partial charge in [-0.3, -0.25) is 9.59 Å². The molecule has 4 atom stereocenters. The van der Waals surface area contributed by atoms with E-state index in [1.807, 2.05) is 32.0 Å². The second-order valence-corrected chi connectivity index (χ2v) is 11.1. The van der Waals surface area contributed by atoms with Crippen molar-refractivity contribution in [3.63, 3.8) is 0 Å². The average molecular weight is 554 g/mol. The van der Waals surface area contributed by atoms with Crippen LogP contribution < -0.4 is 10.1 Å². The van der Waals surface area contributed by atoms with Crippen LogP contribution >= 0.6 is 0 Å². The lowest BCUT2D eigenvalue weighted by Gasteiger charge is -2.35. The molecule has 0 saturated carbocycles. The highest BCUT2D eigenvalue weighted by molar-refractivity contribution is 6.05. The zero-order valence-electron chi connectivity index (χ0n) is 24.8. The number of aliphatic hydroxyl groups excluding tert-OH is 1. The summed E-state index contributed by atoms with van der Waals surface area (Å²) in [4.78, 5) is 31.0. The Balaban J connectivity index is 1.96. The zero-order valence-corrected chi connectivity index (χ0v) is 24.8. The Kier molecular flexibility index (Phi) is 12.4. The Morgan fingerprint density at radius 1 is 1.18 bits per heavy atom. The minimum absolute atomic E-state index is 0.0319. The number of anilines is 1. The minimum Gasteiger partial charge on any atom is -0.490 e. The molecule has 0 aliphatic carbocycles. The van der Waals surface area contributed by atoms with Crippen LogP contribution in [0.2, 0.25) is 0 Å². The van der Waals surface area contributed by atoms with Crippen molar-refractivity contribution in [3.05, 3.63) is 59.7 Å². The van der Waals surface area contributed by atoms with Gasteiger partial charge in [-0.15, -0.1) is 0 Å². The van der Waals surface area contributed by atoms with Gasteiger partial charge < -0.3 is 29.7 Å². The van der Waals surface area contributed by atoms with Crippen LogP contribution in [0.1, 0.15) is 74.1 Å². The van der Waals surface area contributed by atoms with Gasteiger partial charge in [0.05, 0.1) is 30.4 Å². The van der Waals surface area contributed by atoms with Gasteiger partial charge in [0.15, 0.2) is 0 Å². The maximum absolute atomic E-state index is 14.2. The zero-order chi connectivity index (χ0) is 29.1. The van der Waals surface area contributed by atoms with E-state index >= 15 is 0 Å². The third-order valence-corrected chi connectivity index (χ3v) is 7.44. The lowest BCUT2D eigenvalue weighted by Crippen LogP contribution is -2.47. The van der Waals surface area contributed by atoms with E-state index in [9.17, 15) is 14.7 Å². The van der Waals surface area contributed by atoms with Gasteiger partial charge in [-0.2, -0.15) is 0 Å². The van der Waals surface area contributed by atoms with Crippen LogP contribution in [0.5, 0.6) is 5.75 Å². The number of ether oxygens (including phenoxy) is 2. The molecule has 8 heteroatoms. The van der Waals surface area contributed by atoms with Gasteiger partial charge in [-0.1, -0.05) is 32.0 Å². The molecular formula is C32H47N3O5. The largest absolute Gasteiger partial charge is 0.490 e. The van der Waals surface area contributed by atoms with Crippen molar-refractivity contribution in [3.8, 4) is 5.75 Å². The van der Waals surface area contributed by atoms with Crippen LogP contribution in [0, 0.1) is 5.92 Å². The van der Waals surface area contributed by atoms with Crippen molar-refractivity contribution in [1.29, 1.82) is 0 Å². The van der Waals surface area contributed by atoms with E-state index in [0.717, 1.165) is 38.8 Å². The van der Waals surface area contributed by atoms with E-state index in [1.165, 1.54) is 0 Å². The summed E-state index contributed by atoms with van der Waals surface area (Å²) < 4.78 is 12.7. The van der Waals surface area contributed by atoms with Crippen LogP contribution in [0.15, 0.2) is 48.5 Å². The number of likely N-dealkylation sites (N-methyl/N-ethyl adjacent to an activating group) is 1. The third kappa shape index (κ3) is 9.04. The maximum atomic E-state index is 14.2. The Hall–Kier alpha value is -2.94. The van der Waals surface area contributed by atoms with Gasteiger partial charge in [0.1, 0.15) is 5.75 Å². The number of nitrogens with one attached hydrogen (secondary N) is 1. The van der Waals surface area contributed by atoms with Gasteiger partial charge in [-0.05, 0) is 83.5 Å². The number of rotatable bonds is 8. The lowest BCUT2D eigenvalue weighted by molar-refractivity contribution is -0.0167. The summed E-state index contributed by atoms with van der Waals surface area (Å²) in [5.41, 5.74) is 1.40. The molecule has 0 saturated heterocycles. The molecule has 0 fully saturated rings. The van der Waals surface area contributed by atoms with E-state index in [4.69, 9.17) is 9.47 Å². The fourth-order valence-corrected chi connectivity index (χ4v) is 5.04. The summed E-state index contributed by atoms with van der Waals surface area (Å²) >= 11 is 0. The quantitative estimate of drug-likeness (QED) is 0.474. The number of benzene rings is 2. The second kappa shape index (κ2) is 15.7. The number of hydrogen-bond donors (Lipinski definition) is 2. The molecule has 2 N–H and O–H groups in total. The summed E-state index contributed by atoms with van der Waals surface area (Å²) in [7, 11) is 2.10. The predicted octanol–water partition coefficient (Wildman–Crippen LogP) is 5.08. The number of aliphatic hydroxyl groups is 1. The maximum Gasteiger partial charge on any atom is 0.258 e. The number of nitrogens with zero attached hydrogens (tertiary/aromatic N) is 2. The van der Waals surface area contributed by atoms with Gasteiger partial charge >= 0.3 is 0 Å². The molecule has 8 nitrogen and oxygen atoms in total. The van der Waals surface area contributed by atoms with Crippen molar-refractivity contribution >= 4 is 17.5 Å². The highest BCUT2D eigenvalue weighted by Crippen LogP contribution is 2.28. The molecule has 40 heavy (non-hydrogen) atoms. The van der Waals surface area contributed by atoms with Crippen LogP contribution in [0.3, 0.4) is 0 Å². The Morgan fingerprint density at radius 3 is 2.62 bits per heavy atom. The van der Waals surface area contributed by atoms with Crippen molar-refractivity contribution in [2.75, 3.05) is 45.2 Å². The van der Waals surface area contributed by atoms with Crippen LogP contribution in [0.4, 0.5) is 5.69 Å². The van der Waals surface area contributed by atoms with E-state index in [1.54, 1.807) is 35.2 Å². The fourth-order valence-electron chi connectivity index (χ4n) is 5.04. The summed E-state index contributed by atoms with van der Waals surface area (Å²) in [5.74, 6) is 0.00713.